The van der Waals surface area contributed by atoms with Crippen LogP contribution < -0.4 is 10.2 Å². The minimum atomic E-state index is 0.0863. The van der Waals surface area contributed by atoms with Gasteiger partial charge in [-0.3, -0.25) is 0 Å². The van der Waals surface area contributed by atoms with Gasteiger partial charge in [-0.15, -0.1) is 11.3 Å². The zero-order valence-corrected chi connectivity index (χ0v) is 13.3. The summed E-state index contributed by atoms with van der Waals surface area (Å²) < 4.78 is 1.43. The average Bonchev–Trinajstić information content (AvgIpc) is 2.69. The molecule has 0 aliphatic carbocycles. The van der Waals surface area contributed by atoms with E-state index in [2.05, 4.69) is 10.3 Å². The number of thiophene rings is 1. The molecule has 1 unspecified atom stereocenters. The first kappa shape index (κ1) is 14.4. The van der Waals surface area contributed by atoms with Gasteiger partial charge >= 0.3 is 0 Å². The zero-order valence-electron chi connectivity index (χ0n) is 10.9. The molecule has 2 aromatic heterocycles. The van der Waals surface area contributed by atoms with Crippen LogP contribution in [0.25, 0.3) is 0 Å². The molecule has 0 amide bonds. The van der Waals surface area contributed by atoms with Crippen LogP contribution in [0.3, 0.4) is 0 Å². The topological polar surface area (TPSA) is 28.2 Å². The van der Waals surface area contributed by atoms with E-state index in [4.69, 9.17) is 23.2 Å². The van der Waals surface area contributed by atoms with Crippen LogP contribution in [0, 0.1) is 0 Å². The quantitative estimate of drug-likeness (QED) is 0.887. The molecule has 6 heteroatoms. The van der Waals surface area contributed by atoms with Crippen molar-refractivity contribution in [3.05, 3.63) is 38.6 Å². The van der Waals surface area contributed by atoms with Crippen molar-refractivity contribution in [2.45, 2.75) is 13.0 Å². The third-order valence-corrected chi connectivity index (χ3v) is 4.26. The second-order valence-electron chi connectivity index (χ2n) is 4.45. The summed E-state index contributed by atoms with van der Waals surface area (Å²) in [5, 5.41) is 3.36. The minimum absolute atomic E-state index is 0.0863. The fourth-order valence-corrected chi connectivity index (χ4v) is 3.36. The molecule has 102 valence electrons. The molecular weight excluding hydrogens is 301 g/mol. The Balaban J connectivity index is 2.10. The number of aromatic nitrogens is 1. The number of pyridine rings is 1. The van der Waals surface area contributed by atoms with Crippen molar-refractivity contribution >= 4 is 46.0 Å². The first-order valence-corrected chi connectivity index (χ1v) is 7.39. The van der Waals surface area contributed by atoms with E-state index in [1.807, 2.05) is 50.3 Å². The first-order chi connectivity index (χ1) is 8.97. The first-order valence-electron chi connectivity index (χ1n) is 5.82. The SMILES string of the molecule is CC(Nc1ccc(N(C)C)nc1)c1cc(Cl)sc1Cl. The standard InChI is InChI=1S/C13H15Cl2N3S/c1-8(10-6-11(14)19-13(10)15)17-9-4-5-12(16-7-9)18(2)3/h4-8,17H,1-3H3. The van der Waals surface area contributed by atoms with Gasteiger partial charge in [-0.1, -0.05) is 23.2 Å². The van der Waals surface area contributed by atoms with Crippen LogP contribution >= 0.6 is 34.5 Å². The molecule has 2 rings (SSSR count). The summed E-state index contributed by atoms with van der Waals surface area (Å²) in [7, 11) is 3.93. The summed E-state index contributed by atoms with van der Waals surface area (Å²) in [5.41, 5.74) is 1.96. The molecule has 0 bridgehead atoms. The minimum Gasteiger partial charge on any atom is -0.377 e. The number of hydrogen-bond donors (Lipinski definition) is 1. The van der Waals surface area contributed by atoms with Gasteiger partial charge < -0.3 is 10.2 Å². The van der Waals surface area contributed by atoms with E-state index >= 15 is 0 Å². The number of anilines is 2. The number of rotatable bonds is 4. The average molecular weight is 316 g/mol. The highest BCUT2D eigenvalue weighted by molar-refractivity contribution is 7.20. The summed E-state index contributed by atoms with van der Waals surface area (Å²) in [6.07, 6.45) is 1.81. The number of hydrogen-bond acceptors (Lipinski definition) is 4. The van der Waals surface area contributed by atoms with Crippen LogP contribution in [0.4, 0.5) is 11.5 Å². The molecule has 2 heterocycles. The van der Waals surface area contributed by atoms with E-state index < -0.39 is 0 Å². The van der Waals surface area contributed by atoms with Gasteiger partial charge in [0.2, 0.25) is 0 Å². The molecule has 0 radical (unpaired) electrons. The molecule has 1 atom stereocenters. The van der Waals surface area contributed by atoms with Crippen molar-refractivity contribution in [3.63, 3.8) is 0 Å². The van der Waals surface area contributed by atoms with Crippen LogP contribution in [0.1, 0.15) is 18.5 Å². The zero-order chi connectivity index (χ0) is 14.0. The summed E-state index contributed by atoms with van der Waals surface area (Å²) in [4.78, 5) is 6.32. The van der Waals surface area contributed by atoms with E-state index in [0.717, 1.165) is 21.4 Å². The van der Waals surface area contributed by atoms with Crippen molar-refractivity contribution in [1.29, 1.82) is 0 Å². The van der Waals surface area contributed by atoms with Gasteiger partial charge in [-0.2, -0.15) is 0 Å². The van der Waals surface area contributed by atoms with Gasteiger partial charge in [0.15, 0.2) is 0 Å². The molecule has 0 spiro atoms. The van der Waals surface area contributed by atoms with Crippen LogP contribution in [0.2, 0.25) is 8.67 Å². The maximum Gasteiger partial charge on any atom is 0.128 e. The summed E-state index contributed by atoms with van der Waals surface area (Å²) in [6.45, 7) is 2.05. The van der Waals surface area contributed by atoms with Gasteiger partial charge in [0.25, 0.3) is 0 Å². The van der Waals surface area contributed by atoms with Crippen molar-refractivity contribution in [2.75, 3.05) is 24.3 Å². The van der Waals surface area contributed by atoms with Crippen molar-refractivity contribution < 1.29 is 0 Å². The Morgan fingerprint density at radius 2 is 2.05 bits per heavy atom. The van der Waals surface area contributed by atoms with Gasteiger partial charge in [-0.25, -0.2) is 4.98 Å². The lowest BCUT2D eigenvalue weighted by Crippen LogP contribution is -2.11. The molecule has 2 aromatic rings. The van der Waals surface area contributed by atoms with Crippen LogP contribution in [0.15, 0.2) is 24.4 Å². The van der Waals surface area contributed by atoms with Crippen LogP contribution in [0.5, 0.6) is 0 Å². The van der Waals surface area contributed by atoms with E-state index in [1.54, 1.807) is 0 Å². The highest BCUT2D eigenvalue weighted by Crippen LogP contribution is 2.36. The van der Waals surface area contributed by atoms with Gasteiger partial charge in [-0.05, 0) is 25.1 Å². The van der Waals surface area contributed by atoms with Gasteiger partial charge in [0.05, 0.1) is 26.6 Å². The van der Waals surface area contributed by atoms with Crippen molar-refractivity contribution in [1.82, 2.24) is 4.98 Å². The molecule has 3 nitrogen and oxygen atoms in total. The monoisotopic (exact) mass is 315 g/mol. The van der Waals surface area contributed by atoms with Crippen molar-refractivity contribution in [3.8, 4) is 0 Å². The summed E-state index contributed by atoms with van der Waals surface area (Å²) in [5.74, 6) is 0.926. The van der Waals surface area contributed by atoms with Crippen molar-refractivity contribution in [2.24, 2.45) is 0 Å². The normalized spacial score (nSPS) is 12.3. The molecule has 0 aliphatic rings. The molecule has 0 saturated carbocycles. The highest BCUT2D eigenvalue weighted by atomic mass is 35.5. The van der Waals surface area contributed by atoms with E-state index in [0.29, 0.717) is 4.34 Å². The highest BCUT2D eigenvalue weighted by Gasteiger charge is 2.13. The van der Waals surface area contributed by atoms with Gasteiger partial charge in [0, 0.05) is 19.7 Å². The van der Waals surface area contributed by atoms with E-state index in [1.165, 1.54) is 11.3 Å². The largest absolute Gasteiger partial charge is 0.377 e. The number of halogens is 2. The lowest BCUT2D eigenvalue weighted by molar-refractivity contribution is 0.888. The Morgan fingerprint density at radius 1 is 1.32 bits per heavy atom. The van der Waals surface area contributed by atoms with E-state index in [-0.39, 0.29) is 6.04 Å². The second-order valence-corrected chi connectivity index (χ2v) is 6.73. The Labute approximate surface area is 127 Å². The molecule has 0 aliphatic heterocycles. The molecule has 0 saturated heterocycles. The third kappa shape index (κ3) is 3.53. The second kappa shape index (κ2) is 5.99. The van der Waals surface area contributed by atoms with Crippen LogP contribution in [-0.2, 0) is 0 Å². The Kier molecular flexibility index (Phi) is 4.55. The Morgan fingerprint density at radius 3 is 2.53 bits per heavy atom. The van der Waals surface area contributed by atoms with E-state index in [9.17, 15) is 0 Å². The summed E-state index contributed by atoms with van der Waals surface area (Å²) >= 11 is 13.5. The molecule has 0 aromatic carbocycles. The fourth-order valence-electron chi connectivity index (χ4n) is 1.71. The lowest BCUT2D eigenvalue weighted by Gasteiger charge is -2.16. The van der Waals surface area contributed by atoms with Crippen LogP contribution in [-0.4, -0.2) is 19.1 Å². The van der Waals surface area contributed by atoms with Gasteiger partial charge in [0.1, 0.15) is 5.82 Å². The number of nitrogens with zero attached hydrogens (tertiary/aromatic N) is 2. The molecule has 19 heavy (non-hydrogen) atoms. The Hall–Kier alpha value is -0.970. The predicted octanol–water partition coefficient (Wildman–Crippen LogP) is 4.69. The Bertz CT molecular complexity index is 552. The maximum absolute atomic E-state index is 6.14. The molecular formula is C13H15Cl2N3S. The molecule has 0 fully saturated rings. The smallest absolute Gasteiger partial charge is 0.128 e. The predicted molar refractivity (Wildman–Crippen MR) is 84.9 cm³/mol. The molecule has 1 N–H and O–H groups in total. The summed E-state index contributed by atoms with van der Waals surface area (Å²) in [6, 6.07) is 5.95. The fraction of sp³-hybridized carbons (Fsp3) is 0.308. The maximum atomic E-state index is 6.14. The lowest BCUT2D eigenvalue weighted by atomic mass is 10.2. The third-order valence-electron chi connectivity index (χ3n) is 2.74. The number of nitrogens with one attached hydrogen (secondary N) is 1.